The van der Waals surface area contributed by atoms with E-state index < -0.39 is 17.8 Å². The predicted octanol–water partition coefficient (Wildman–Crippen LogP) is 4.77. The molecule has 2 saturated heterocycles. The Morgan fingerprint density at radius 3 is 2.56 bits per heavy atom. The van der Waals surface area contributed by atoms with E-state index in [-0.39, 0.29) is 18.2 Å². The Kier molecular flexibility index (Phi) is 6.34. The molecule has 1 N–H and O–H groups in total. The van der Waals surface area contributed by atoms with Crippen LogP contribution in [0.3, 0.4) is 0 Å². The van der Waals surface area contributed by atoms with Gasteiger partial charge in [-0.05, 0) is 48.7 Å². The largest absolute Gasteiger partial charge is 0.378 e. The van der Waals surface area contributed by atoms with E-state index in [4.69, 9.17) is 4.74 Å². The van der Waals surface area contributed by atoms with Gasteiger partial charge in [-0.25, -0.2) is 4.39 Å². The maximum absolute atomic E-state index is 14.8. The van der Waals surface area contributed by atoms with Crippen LogP contribution in [0.4, 0.5) is 21.5 Å². The second-order valence-electron chi connectivity index (χ2n) is 8.63. The number of anilines is 3. The monoisotopic (exact) mass is 479 g/mol. The zero-order valence-corrected chi connectivity index (χ0v) is 19.7. The summed E-state index contributed by atoms with van der Waals surface area (Å²) in [4.78, 5) is 31.0. The Morgan fingerprint density at radius 2 is 1.88 bits per heavy atom. The standard InChI is InChI=1S/C26H26FN3O3S/c1-17-4-7-19(8-5-17)30-24(31)16-20(25(30)23-3-2-14-34-23)26(32)28-18-6-9-22(21(27)15-18)29-10-12-33-13-11-29/h2-9,14-15,20,25H,10-13,16H2,1H3,(H,28,32). The molecule has 2 atom stereocenters. The molecule has 0 spiro atoms. The molecule has 2 fully saturated rings. The van der Waals surface area contributed by atoms with Crippen LogP contribution in [0.25, 0.3) is 0 Å². The molecule has 2 aromatic carbocycles. The second-order valence-corrected chi connectivity index (χ2v) is 9.60. The van der Waals surface area contributed by atoms with Gasteiger partial charge >= 0.3 is 0 Å². The van der Waals surface area contributed by atoms with Gasteiger partial charge in [-0.1, -0.05) is 23.8 Å². The summed E-state index contributed by atoms with van der Waals surface area (Å²) in [5.74, 6) is -1.37. The number of carbonyl (C=O) groups excluding carboxylic acids is 2. The van der Waals surface area contributed by atoms with Crippen LogP contribution in [-0.2, 0) is 14.3 Å². The van der Waals surface area contributed by atoms with Gasteiger partial charge in [0.15, 0.2) is 0 Å². The quantitative estimate of drug-likeness (QED) is 0.573. The van der Waals surface area contributed by atoms with Gasteiger partial charge in [-0.2, -0.15) is 0 Å². The minimum absolute atomic E-state index is 0.0939. The molecule has 2 aliphatic heterocycles. The van der Waals surface area contributed by atoms with Crippen LogP contribution >= 0.6 is 11.3 Å². The van der Waals surface area contributed by atoms with E-state index in [9.17, 15) is 14.0 Å². The van der Waals surface area contributed by atoms with E-state index in [1.165, 1.54) is 17.4 Å². The predicted molar refractivity (Wildman–Crippen MR) is 132 cm³/mol. The molecular formula is C26H26FN3O3S. The van der Waals surface area contributed by atoms with Crippen LogP contribution in [0.1, 0.15) is 22.9 Å². The molecule has 0 saturated carbocycles. The lowest BCUT2D eigenvalue weighted by atomic mass is 9.97. The number of aryl methyl sites for hydroxylation is 1. The molecule has 2 unspecified atom stereocenters. The third-order valence-electron chi connectivity index (χ3n) is 6.37. The number of thiophene rings is 1. The Hall–Kier alpha value is -3.23. The molecule has 2 aliphatic rings. The van der Waals surface area contributed by atoms with Crippen molar-refractivity contribution in [1.29, 1.82) is 0 Å². The van der Waals surface area contributed by atoms with Crippen molar-refractivity contribution in [2.75, 3.05) is 41.4 Å². The fourth-order valence-electron chi connectivity index (χ4n) is 4.64. The van der Waals surface area contributed by atoms with Crippen LogP contribution in [-0.4, -0.2) is 38.1 Å². The maximum atomic E-state index is 14.8. The lowest BCUT2D eigenvalue weighted by Crippen LogP contribution is -2.36. The van der Waals surface area contributed by atoms with Gasteiger partial charge in [0, 0.05) is 35.8 Å². The summed E-state index contributed by atoms with van der Waals surface area (Å²) < 4.78 is 20.2. The van der Waals surface area contributed by atoms with Crippen molar-refractivity contribution in [3.63, 3.8) is 0 Å². The molecule has 34 heavy (non-hydrogen) atoms. The van der Waals surface area contributed by atoms with Crippen molar-refractivity contribution in [1.82, 2.24) is 0 Å². The summed E-state index contributed by atoms with van der Waals surface area (Å²) in [6, 6.07) is 15.9. The molecule has 8 heteroatoms. The zero-order valence-electron chi connectivity index (χ0n) is 18.9. The Morgan fingerprint density at radius 1 is 1.12 bits per heavy atom. The second kappa shape index (κ2) is 9.56. The molecule has 0 radical (unpaired) electrons. The third-order valence-corrected chi connectivity index (χ3v) is 7.32. The lowest BCUT2D eigenvalue weighted by Gasteiger charge is -2.29. The number of nitrogens with zero attached hydrogens (tertiary/aromatic N) is 2. The van der Waals surface area contributed by atoms with Crippen LogP contribution in [0.15, 0.2) is 60.0 Å². The van der Waals surface area contributed by atoms with Crippen LogP contribution < -0.4 is 15.1 Å². The highest BCUT2D eigenvalue weighted by molar-refractivity contribution is 7.10. The van der Waals surface area contributed by atoms with Crippen molar-refractivity contribution in [2.24, 2.45) is 5.92 Å². The highest BCUT2D eigenvalue weighted by Crippen LogP contribution is 2.43. The van der Waals surface area contributed by atoms with E-state index in [0.717, 1.165) is 16.1 Å². The first-order valence-electron chi connectivity index (χ1n) is 11.4. The van der Waals surface area contributed by atoms with Gasteiger partial charge in [-0.3, -0.25) is 9.59 Å². The van der Waals surface area contributed by atoms with Gasteiger partial charge in [-0.15, -0.1) is 11.3 Å². The van der Waals surface area contributed by atoms with Gasteiger partial charge < -0.3 is 19.9 Å². The number of nitrogens with one attached hydrogen (secondary N) is 1. The average Bonchev–Trinajstić information content (AvgIpc) is 3.48. The fourth-order valence-corrected chi connectivity index (χ4v) is 5.53. The molecular weight excluding hydrogens is 453 g/mol. The van der Waals surface area contributed by atoms with Crippen molar-refractivity contribution < 1.29 is 18.7 Å². The summed E-state index contributed by atoms with van der Waals surface area (Å²) >= 11 is 1.52. The number of rotatable bonds is 5. The van der Waals surface area contributed by atoms with E-state index >= 15 is 0 Å². The van der Waals surface area contributed by atoms with Crippen LogP contribution in [0.5, 0.6) is 0 Å². The van der Waals surface area contributed by atoms with E-state index in [0.29, 0.717) is 37.7 Å². The third kappa shape index (κ3) is 4.43. The summed E-state index contributed by atoms with van der Waals surface area (Å²) in [5.41, 5.74) is 2.75. The van der Waals surface area contributed by atoms with Crippen LogP contribution in [0, 0.1) is 18.7 Å². The highest BCUT2D eigenvalue weighted by atomic mass is 32.1. The first-order chi connectivity index (χ1) is 16.5. The fraction of sp³-hybridized carbons (Fsp3) is 0.308. The zero-order chi connectivity index (χ0) is 23.7. The lowest BCUT2D eigenvalue weighted by molar-refractivity contribution is -0.122. The normalized spacial score (nSPS) is 20.6. The number of hydrogen-bond acceptors (Lipinski definition) is 5. The number of benzene rings is 2. The summed E-state index contributed by atoms with van der Waals surface area (Å²) in [6.07, 6.45) is 0.0939. The number of morpholine rings is 1. The van der Waals surface area contributed by atoms with E-state index in [1.54, 1.807) is 17.0 Å². The molecule has 176 valence electrons. The van der Waals surface area contributed by atoms with Crippen molar-refractivity contribution in [2.45, 2.75) is 19.4 Å². The average molecular weight is 480 g/mol. The number of carbonyl (C=O) groups is 2. The molecule has 1 aromatic heterocycles. The van der Waals surface area contributed by atoms with Crippen molar-refractivity contribution in [3.8, 4) is 0 Å². The molecule has 3 aromatic rings. The Bertz CT molecular complexity index is 1180. The summed E-state index contributed by atoms with van der Waals surface area (Å²) in [7, 11) is 0. The first-order valence-corrected chi connectivity index (χ1v) is 12.2. The Balaban J connectivity index is 1.39. The SMILES string of the molecule is Cc1ccc(N2C(=O)CC(C(=O)Nc3ccc(N4CCOCC4)c(F)c3)C2c2cccs2)cc1. The van der Waals surface area contributed by atoms with E-state index in [1.807, 2.05) is 53.6 Å². The molecule has 0 aliphatic carbocycles. The number of amides is 2. The first kappa shape index (κ1) is 22.6. The smallest absolute Gasteiger partial charge is 0.230 e. The highest BCUT2D eigenvalue weighted by Gasteiger charge is 2.45. The maximum Gasteiger partial charge on any atom is 0.230 e. The van der Waals surface area contributed by atoms with Gasteiger partial charge in [0.25, 0.3) is 0 Å². The number of halogens is 1. The van der Waals surface area contributed by atoms with Gasteiger partial charge in [0.05, 0.1) is 30.9 Å². The minimum atomic E-state index is -0.588. The molecule has 5 rings (SSSR count). The summed E-state index contributed by atoms with van der Waals surface area (Å²) in [6.45, 7) is 4.38. The van der Waals surface area contributed by atoms with Crippen molar-refractivity contribution >= 4 is 40.2 Å². The topological polar surface area (TPSA) is 61.9 Å². The van der Waals surface area contributed by atoms with E-state index in [2.05, 4.69) is 5.32 Å². The van der Waals surface area contributed by atoms with Crippen LogP contribution in [0.2, 0.25) is 0 Å². The number of hydrogen-bond donors (Lipinski definition) is 1. The minimum Gasteiger partial charge on any atom is -0.378 e. The summed E-state index contributed by atoms with van der Waals surface area (Å²) in [5, 5.41) is 4.80. The molecule has 3 heterocycles. The molecule has 6 nitrogen and oxygen atoms in total. The molecule has 2 amide bonds. The van der Waals surface area contributed by atoms with Crippen molar-refractivity contribution in [3.05, 3.63) is 76.2 Å². The number of ether oxygens (including phenoxy) is 1. The van der Waals surface area contributed by atoms with Gasteiger partial charge in [0.2, 0.25) is 11.8 Å². The Labute approximate surface area is 201 Å². The molecule has 0 bridgehead atoms. The van der Waals surface area contributed by atoms with Gasteiger partial charge in [0.1, 0.15) is 5.82 Å².